The average Bonchev–Trinajstić information content (AvgIpc) is 2.40. The second-order valence-corrected chi connectivity index (χ2v) is 5.30. The minimum Gasteiger partial charge on any atom is -0.494 e. The molecule has 0 amide bonds. The fourth-order valence-electron chi connectivity index (χ4n) is 1.57. The van der Waals surface area contributed by atoms with E-state index in [1.807, 2.05) is 6.92 Å². The van der Waals surface area contributed by atoms with E-state index in [0.29, 0.717) is 29.4 Å². The van der Waals surface area contributed by atoms with Crippen LogP contribution in [0.5, 0.6) is 5.75 Å². The van der Waals surface area contributed by atoms with Gasteiger partial charge in [0.25, 0.3) is 0 Å². The maximum Gasteiger partial charge on any atom is 0.321 e. The fourth-order valence-corrected chi connectivity index (χ4v) is 2.53. The Labute approximate surface area is 122 Å². The highest BCUT2D eigenvalue weighted by molar-refractivity contribution is 7.98. The second-order valence-electron chi connectivity index (χ2n) is 4.27. The predicted molar refractivity (Wildman–Crippen MR) is 79.4 cm³/mol. The standard InChI is InChI=1S/C14H19NO4S/c1-3-19-13-5-4-10(9(2)16)6-11(13)7-20-8-12(15)14(17)18/h4-6,12H,3,7-8,15H2,1-2H3,(H,17,18). The number of thioether (sulfide) groups is 1. The van der Waals surface area contributed by atoms with Crippen molar-refractivity contribution in [3.63, 3.8) is 0 Å². The number of hydrogen-bond donors (Lipinski definition) is 2. The molecule has 20 heavy (non-hydrogen) atoms. The number of hydrogen-bond acceptors (Lipinski definition) is 5. The van der Waals surface area contributed by atoms with Gasteiger partial charge in [-0.25, -0.2) is 0 Å². The van der Waals surface area contributed by atoms with Crippen molar-refractivity contribution in [3.8, 4) is 5.75 Å². The Morgan fingerprint density at radius 3 is 2.70 bits per heavy atom. The molecule has 0 aliphatic rings. The monoisotopic (exact) mass is 297 g/mol. The Morgan fingerprint density at radius 1 is 1.45 bits per heavy atom. The van der Waals surface area contributed by atoms with Crippen LogP contribution in [0.25, 0.3) is 0 Å². The lowest BCUT2D eigenvalue weighted by atomic mass is 10.1. The highest BCUT2D eigenvalue weighted by atomic mass is 32.2. The quantitative estimate of drug-likeness (QED) is 0.713. The first-order valence-corrected chi connectivity index (χ1v) is 7.44. The molecule has 3 N–H and O–H groups in total. The SMILES string of the molecule is CCOc1ccc(C(C)=O)cc1CSCC(N)C(=O)O. The largest absolute Gasteiger partial charge is 0.494 e. The summed E-state index contributed by atoms with van der Waals surface area (Å²) in [6, 6.07) is 4.40. The molecule has 6 heteroatoms. The molecule has 1 unspecified atom stereocenters. The van der Waals surface area contributed by atoms with Gasteiger partial charge >= 0.3 is 5.97 Å². The van der Waals surface area contributed by atoms with Crippen LogP contribution in [0, 0.1) is 0 Å². The number of ketones is 1. The number of benzene rings is 1. The first kappa shape index (κ1) is 16.5. The fraction of sp³-hybridized carbons (Fsp3) is 0.429. The maximum atomic E-state index is 11.4. The third-order valence-electron chi connectivity index (χ3n) is 2.64. The number of carbonyl (C=O) groups excluding carboxylic acids is 1. The number of carbonyl (C=O) groups is 2. The lowest BCUT2D eigenvalue weighted by Crippen LogP contribution is -2.32. The number of rotatable bonds is 8. The molecule has 0 bridgehead atoms. The van der Waals surface area contributed by atoms with Crippen molar-refractivity contribution in [3.05, 3.63) is 29.3 Å². The van der Waals surface area contributed by atoms with E-state index in [-0.39, 0.29) is 5.78 Å². The highest BCUT2D eigenvalue weighted by Gasteiger charge is 2.13. The van der Waals surface area contributed by atoms with Crippen LogP contribution in [-0.4, -0.2) is 35.3 Å². The second kappa shape index (κ2) is 7.91. The van der Waals surface area contributed by atoms with Crippen LogP contribution in [0.1, 0.15) is 29.8 Å². The van der Waals surface area contributed by atoms with Crippen LogP contribution < -0.4 is 10.5 Å². The van der Waals surface area contributed by atoms with E-state index in [4.69, 9.17) is 15.6 Å². The van der Waals surface area contributed by atoms with Crippen molar-refractivity contribution in [1.82, 2.24) is 0 Å². The number of aliphatic carboxylic acids is 1. The topological polar surface area (TPSA) is 89.6 Å². The summed E-state index contributed by atoms with van der Waals surface area (Å²) >= 11 is 1.41. The molecule has 0 radical (unpaired) electrons. The van der Waals surface area contributed by atoms with E-state index in [9.17, 15) is 9.59 Å². The number of carboxylic acid groups (broad SMARTS) is 1. The number of nitrogens with two attached hydrogens (primary N) is 1. The summed E-state index contributed by atoms with van der Waals surface area (Å²) in [6.45, 7) is 3.93. The molecule has 0 spiro atoms. The van der Waals surface area contributed by atoms with E-state index >= 15 is 0 Å². The molecule has 0 saturated heterocycles. The molecule has 0 aliphatic carbocycles. The van der Waals surface area contributed by atoms with Gasteiger partial charge in [0.2, 0.25) is 0 Å². The zero-order valence-corrected chi connectivity index (χ0v) is 12.4. The predicted octanol–water partition coefficient (Wildman–Crippen LogP) is 1.93. The smallest absolute Gasteiger partial charge is 0.321 e. The number of carboxylic acids is 1. The van der Waals surface area contributed by atoms with Gasteiger partial charge in [-0.3, -0.25) is 9.59 Å². The Morgan fingerprint density at radius 2 is 2.15 bits per heavy atom. The summed E-state index contributed by atoms with van der Waals surface area (Å²) in [5.74, 6) is 0.554. The van der Waals surface area contributed by atoms with E-state index in [1.165, 1.54) is 18.7 Å². The summed E-state index contributed by atoms with van der Waals surface area (Å²) in [5.41, 5.74) is 6.94. The van der Waals surface area contributed by atoms with Crippen LogP contribution in [0.2, 0.25) is 0 Å². The van der Waals surface area contributed by atoms with Gasteiger partial charge in [-0.05, 0) is 32.0 Å². The van der Waals surface area contributed by atoms with Crippen LogP contribution in [0.4, 0.5) is 0 Å². The first-order chi connectivity index (χ1) is 9.45. The van der Waals surface area contributed by atoms with Gasteiger partial charge in [0.1, 0.15) is 11.8 Å². The minimum absolute atomic E-state index is 0.0125. The van der Waals surface area contributed by atoms with Crippen LogP contribution in [0.3, 0.4) is 0 Å². The third kappa shape index (κ3) is 4.86. The molecule has 0 saturated carbocycles. The van der Waals surface area contributed by atoms with Gasteiger partial charge in [0, 0.05) is 22.6 Å². The van der Waals surface area contributed by atoms with Gasteiger partial charge in [-0.2, -0.15) is 11.8 Å². The molecule has 5 nitrogen and oxygen atoms in total. The van der Waals surface area contributed by atoms with E-state index in [1.54, 1.807) is 18.2 Å². The van der Waals surface area contributed by atoms with Crippen LogP contribution in [0.15, 0.2) is 18.2 Å². The van der Waals surface area contributed by atoms with Crippen molar-refractivity contribution in [2.24, 2.45) is 5.73 Å². The summed E-state index contributed by atoms with van der Waals surface area (Å²) in [5, 5.41) is 8.73. The van der Waals surface area contributed by atoms with Crippen molar-refractivity contribution in [2.45, 2.75) is 25.6 Å². The Bertz CT molecular complexity index is 490. The zero-order valence-electron chi connectivity index (χ0n) is 11.6. The van der Waals surface area contributed by atoms with Gasteiger partial charge in [0.05, 0.1) is 6.61 Å². The molecule has 110 valence electrons. The summed E-state index contributed by atoms with van der Waals surface area (Å²) in [7, 11) is 0. The molecule has 1 aromatic rings. The zero-order chi connectivity index (χ0) is 15.1. The summed E-state index contributed by atoms with van der Waals surface area (Å²) in [6.07, 6.45) is 0. The molecule has 1 rings (SSSR count). The molecule has 0 heterocycles. The van der Waals surface area contributed by atoms with Gasteiger partial charge < -0.3 is 15.6 Å². The molecule has 1 aromatic carbocycles. The first-order valence-electron chi connectivity index (χ1n) is 6.28. The molecule has 0 fully saturated rings. The summed E-state index contributed by atoms with van der Waals surface area (Å²) < 4.78 is 5.50. The lowest BCUT2D eigenvalue weighted by Gasteiger charge is -2.12. The lowest BCUT2D eigenvalue weighted by molar-refractivity contribution is -0.137. The van der Waals surface area contributed by atoms with Crippen molar-refractivity contribution < 1.29 is 19.4 Å². The third-order valence-corrected chi connectivity index (χ3v) is 3.75. The average molecular weight is 297 g/mol. The van der Waals surface area contributed by atoms with E-state index in [2.05, 4.69) is 0 Å². The Hall–Kier alpha value is -1.53. The number of Topliss-reactive ketones (excluding diaryl/α,β-unsaturated/α-hetero) is 1. The summed E-state index contributed by atoms with van der Waals surface area (Å²) in [4.78, 5) is 22.0. The molecule has 0 aliphatic heterocycles. The van der Waals surface area contributed by atoms with E-state index < -0.39 is 12.0 Å². The number of ether oxygens (including phenoxy) is 1. The van der Waals surface area contributed by atoms with Crippen LogP contribution in [-0.2, 0) is 10.5 Å². The molecular weight excluding hydrogens is 278 g/mol. The van der Waals surface area contributed by atoms with Crippen molar-refractivity contribution in [1.29, 1.82) is 0 Å². The Balaban J connectivity index is 2.76. The van der Waals surface area contributed by atoms with Gasteiger partial charge in [-0.15, -0.1) is 0 Å². The molecule has 1 atom stereocenters. The van der Waals surface area contributed by atoms with Gasteiger partial charge in [-0.1, -0.05) is 0 Å². The normalized spacial score (nSPS) is 11.9. The van der Waals surface area contributed by atoms with E-state index in [0.717, 1.165) is 5.56 Å². The van der Waals surface area contributed by atoms with Crippen molar-refractivity contribution >= 4 is 23.5 Å². The molecule has 0 aromatic heterocycles. The minimum atomic E-state index is -1.01. The molecular formula is C14H19NO4S. The Kier molecular flexibility index (Phi) is 6.54. The highest BCUT2D eigenvalue weighted by Crippen LogP contribution is 2.25. The van der Waals surface area contributed by atoms with Crippen LogP contribution >= 0.6 is 11.8 Å². The van der Waals surface area contributed by atoms with Gasteiger partial charge in [0.15, 0.2) is 5.78 Å². The van der Waals surface area contributed by atoms with Crippen molar-refractivity contribution in [2.75, 3.05) is 12.4 Å². The maximum absolute atomic E-state index is 11.4.